The van der Waals surface area contributed by atoms with Crippen LogP contribution in [0.5, 0.6) is 5.75 Å². The maximum Gasteiger partial charge on any atom is 0.253 e. The summed E-state index contributed by atoms with van der Waals surface area (Å²) in [7, 11) is 1.64. The molecule has 3 aromatic rings. The third-order valence-electron chi connectivity index (χ3n) is 5.97. The molecule has 0 aliphatic heterocycles. The Morgan fingerprint density at radius 1 is 1.06 bits per heavy atom. The van der Waals surface area contributed by atoms with Crippen LogP contribution in [0.15, 0.2) is 53.3 Å². The number of hydrogen-bond donors (Lipinski definition) is 2. The molecule has 0 radical (unpaired) electrons. The number of thiocarbonyl (C=S) groups is 1. The summed E-state index contributed by atoms with van der Waals surface area (Å²) in [5.41, 5.74) is 3.51. The van der Waals surface area contributed by atoms with Crippen LogP contribution in [-0.2, 0) is 13.0 Å². The number of rotatable bonds is 10. The van der Waals surface area contributed by atoms with E-state index in [1.807, 2.05) is 36.4 Å². The lowest BCUT2D eigenvalue weighted by Crippen LogP contribution is -2.41. The predicted octanol–water partition coefficient (Wildman–Crippen LogP) is 4.64. The number of hydrogen-bond acceptors (Lipinski definition) is 4. The number of benzene rings is 2. The van der Waals surface area contributed by atoms with Crippen LogP contribution >= 0.6 is 12.2 Å². The van der Waals surface area contributed by atoms with E-state index in [1.165, 1.54) is 5.56 Å². The number of ether oxygens (including phenoxy) is 1. The molecule has 0 fully saturated rings. The molecule has 0 aliphatic carbocycles. The van der Waals surface area contributed by atoms with Gasteiger partial charge in [-0.3, -0.25) is 4.79 Å². The molecular formula is C26H34N4O2S. The number of H-pyrrole nitrogens is 1. The Kier molecular flexibility index (Phi) is 8.86. The molecule has 3 rings (SSSR count). The maximum absolute atomic E-state index is 12.9. The van der Waals surface area contributed by atoms with Crippen LogP contribution < -0.4 is 15.6 Å². The van der Waals surface area contributed by atoms with Gasteiger partial charge in [-0.15, -0.1) is 0 Å². The lowest BCUT2D eigenvalue weighted by Gasteiger charge is -2.29. The predicted molar refractivity (Wildman–Crippen MR) is 141 cm³/mol. The Labute approximate surface area is 201 Å². The van der Waals surface area contributed by atoms with Crippen molar-refractivity contribution in [3.8, 4) is 5.75 Å². The summed E-state index contributed by atoms with van der Waals surface area (Å²) in [5, 5.41) is 4.92. The molecule has 1 aromatic heterocycles. The second-order valence-electron chi connectivity index (χ2n) is 7.98. The highest BCUT2D eigenvalue weighted by Gasteiger charge is 2.16. The van der Waals surface area contributed by atoms with Crippen molar-refractivity contribution in [1.82, 2.24) is 14.8 Å². The number of likely N-dealkylation sites (N-methyl/N-ethyl adjacent to an activating group) is 1. The van der Waals surface area contributed by atoms with Crippen LogP contribution in [0.3, 0.4) is 0 Å². The topological polar surface area (TPSA) is 60.6 Å². The normalized spacial score (nSPS) is 11.1. The number of methoxy groups -OCH3 is 1. The van der Waals surface area contributed by atoms with Crippen molar-refractivity contribution in [1.29, 1.82) is 0 Å². The van der Waals surface area contributed by atoms with E-state index in [1.54, 1.807) is 7.11 Å². The highest BCUT2D eigenvalue weighted by Crippen LogP contribution is 2.24. The highest BCUT2D eigenvalue weighted by molar-refractivity contribution is 7.80. The van der Waals surface area contributed by atoms with Crippen LogP contribution in [0.1, 0.15) is 31.9 Å². The Morgan fingerprint density at radius 2 is 1.82 bits per heavy atom. The van der Waals surface area contributed by atoms with E-state index in [-0.39, 0.29) is 5.56 Å². The zero-order valence-corrected chi connectivity index (χ0v) is 20.8. The minimum atomic E-state index is -0.0836. The molecule has 0 bridgehead atoms. The average Bonchev–Trinajstić information content (AvgIpc) is 2.84. The molecule has 0 unspecified atom stereocenters. The van der Waals surface area contributed by atoms with E-state index in [0.717, 1.165) is 48.4 Å². The van der Waals surface area contributed by atoms with Crippen LogP contribution in [0.25, 0.3) is 10.9 Å². The Balaban J connectivity index is 1.89. The third-order valence-corrected chi connectivity index (χ3v) is 6.33. The fraction of sp³-hybridized carbons (Fsp3) is 0.385. The molecule has 0 spiro atoms. The first-order valence-electron chi connectivity index (χ1n) is 11.5. The molecular weight excluding hydrogens is 432 g/mol. The van der Waals surface area contributed by atoms with Crippen LogP contribution in [-0.4, -0.2) is 53.2 Å². The van der Waals surface area contributed by atoms with Crippen molar-refractivity contribution in [3.05, 3.63) is 70.0 Å². The Hall–Kier alpha value is -2.90. The van der Waals surface area contributed by atoms with E-state index in [4.69, 9.17) is 17.0 Å². The summed E-state index contributed by atoms with van der Waals surface area (Å²) in [4.78, 5) is 20.3. The highest BCUT2D eigenvalue weighted by atomic mass is 32.1. The lowest BCUT2D eigenvalue weighted by molar-refractivity contribution is 0.266. The number of nitrogens with zero attached hydrogens (tertiary/aromatic N) is 2. The molecule has 2 N–H and O–H groups in total. The number of fused-ring (bicyclic) bond motifs is 1. The van der Waals surface area contributed by atoms with E-state index in [2.05, 4.69) is 53.0 Å². The largest absolute Gasteiger partial charge is 0.495 e. The first-order valence-corrected chi connectivity index (χ1v) is 12.0. The van der Waals surface area contributed by atoms with Gasteiger partial charge in [-0.1, -0.05) is 39.0 Å². The van der Waals surface area contributed by atoms with Gasteiger partial charge in [0.2, 0.25) is 0 Å². The van der Waals surface area contributed by atoms with E-state index < -0.39 is 0 Å². The monoisotopic (exact) mass is 466 g/mol. The molecule has 2 aromatic carbocycles. The van der Waals surface area contributed by atoms with Crippen molar-refractivity contribution >= 4 is 33.9 Å². The van der Waals surface area contributed by atoms with Crippen LogP contribution in [0.2, 0.25) is 0 Å². The van der Waals surface area contributed by atoms with Gasteiger partial charge in [-0.2, -0.15) is 0 Å². The van der Waals surface area contributed by atoms with Crippen molar-refractivity contribution in [2.75, 3.05) is 38.6 Å². The fourth-order valence-corrected chi connectivity index (χ4v) is 4.11. The van der Waals surface area contributed by atoms with Gasteiger partial charge in [0.1, 0.15) is 5.75 Å². The van der Waals surface area contributed by atoms with E-state index >= 15 is 0 Å². The van der Waals surface area contributed by atoms with E-state index in [0.29, 0.717) is 23.8 Å². The lowest BCUT2D eigenvalue weighted by atomic mass is 10.1. The summed E-state index contributed by atoms with van der Waals surface area (Å²) >= 11 is 5.80. The molecule has 33 heavy (non-hydrogen) atoms. The zero-order chi connectivity index (χ0) is 23.8. The molecule has 0 saturated carbocycles. The SMILES string of the molecule is CCc1ccc2[nH]c(=O)c(CN(CCN(CC)CC)C(=S)Nc3ccccc3OC)cc2c1. The van der Waals surface area contributed by atoms with Crippen LogP contribution in [0.4, 0.5) is 5.69 Å². The second-order valence-corrected chi connectivity index (χ2v) is 8.36. The number of para-hydroxylation sites is 2. The van der Waals surface area contributed by atoms with E-state index in [9.17, 15) is 4.79 Å². The van der Waals surface area contributed by atoms with Gasteiger partial charge in [-0.05, 0) is 73.0 Å². The summed E-state index contributed by atoms with van der Waals surface area (Å²) in [6.07, 6.45) is 0.952. The van der Waals surface area contributed by atoms with Crippen molar-refractivity contribution in [2.24, 2.45) is 0 Å². The van der Waals surface area contributed by atoms with Gasteiger partial charge in [0.25, 0.3) is 5.56 Å². The number of anilines is 1. The molecule has 176 valence electrons. The van der Waals surface area contributed by atoms with Crippen molar-refractivity contribution in [3.63, 3.8) is 0 Å². The molecule has 0 saturated heterocycles. The summed E-state index contributed by atoms with van der Waals surface area (Å²) < 4.78 is 5.46. The number of nitrogens with one attached hydrogen (secondary N) is 2. The first kappa shape index (κ1) is 24.7. The van der Waals surface area contributed by atoms with Crippen molar-refractivity contribution < 1.29 is 4.74 Å². The van der Waals surface area contributed by atoms with Crippen LogP contribution in [0, 0.1) is 0 Å². The standard InChI is InChI=1S/C26H34N4O2S/c1-5-19-12-13-22-20(16-19)17-21(25(31)27-22)18-30(15-14-29(6-2)7-3)26(33)28-23-10-8-9-11-24(23)32-4/h8-13,16-17H,5-7,14-15,18H2,1-4H3,(H,27,31)(H,28,33). The molecule has 6 nitrogen and oxygen atoms in total. The Bertz CT molecular complexity index is 1140. The minimum Gasteiger partial charge on any atom is -0.495 e. The maximum atomic E-state index is 12.9. The van der Waals surface area contributed by atoms with Gasteiger partial charge >= 0.3 is 0 Å². The fourth-order valence-electron chi connectivity index (χ4n) is 3.84. The third kappa shape index (κ3) is 6.33. The summed E-state index contributed by atoms with van der Waals surface area (Å²) in [5.74, 6) is 0.721. The average molecular weight is 467 g/mol. The second kappa shape index (κ2) is 11.8. The Morgan fingerprint density at radius 3 is 2.52 bits per heavy atom. The van der Waals surface area contributed by atoms with Gasteiger partial charge in [0.05, 0.1) is 19.3 Å². The summed E-state index contributed by atoms with van der Waals surface area (Å²) in [6.45, 7) is 10.3. The number of pyridine rings is 1. The molecule has 0 amide bonds. The van der Waals surface area contributed by atoms with Gasteiger partial charge in [-0.25, -0.2) is 0 Å². The zero-order valence-electron chi connectivity index (χ0n) is 20.0. The summed E-state index contributed by atoms with van der Waals surface area (Å²) in [6, 6.07) is 15.8. The number of aromatic amines is 1. The van der Waals surface area contributed by atoms with Crippen molar-refractivity contribution in [2.45, 2.75) is 33.7 Å². The molecule has 1 heterocycles. The first-order chi connectivity index (χ1) is 16.0. The number of aromatic nitrogens is 1. The van der Waals surface area contributed by atoms with Gasteiger partial charge < -0.3 is 24.8 Å². The molecule has 0 atom stereocenters. The quantitative estimate of drug-likeness (QED) is 0.425. The molecule has 7 heteroatoms. The van der Waals surface area contributed by atoms with Gasteiger partial charge in [0, 0.05) is 24.2 Å². The smallest absolute Gasteiger partial charge is 0.253 e. The van der Waals surface area contributed by atoms with Gasteiger partial charge in [0.15, 0.2) is 5.11 Å². The minimum absolute atomic E-state index is 0.0836. The number of aryl methyl sites for hydroxylation is 1. The molecule has 0 aliphatic rings.